The molecule has 0 aromatic rings. The van der Waals surface area contributed by atoms with Gasteiger partial charge in [0.2, 0.25) is 11.8 Å². The second kappa shape index (κ2) is 8.73. The molecule has 0 spiro atoms. The minimum atomic E-state index is 0.129. The van der Waals surface area contributed by atoms with Gasteiger partial charge in [0, 0.05) is 45.1 Å². The molecular weight excluding hydrogens is 326 g/mol. The van der Waals surface area contributed by atoms with Crippen LogP contribution >= 0.6 is 0 Å². The van der Waals surface area contributed by atoms with E-state index in [2.05, 4.69) is 23.6 Å². The van der Waals surface area contributed by atoms with Crippen LogP contribution in [0.1, 0.15) is 59.3 Å². The first-order valence-corrected chi connectivity index (χ1v) is 10.7. The fourth-order valence-corrected chi connectivity index (χ4v) is 5.10. The Morgan fingerprint density at radius 3 is 1.81 bits per heavy atom. The summed E-state index contributed by atoms with van der Waals surface area (Å²) in [5.74, 6) is 2.31. The maximum atomic E-state index is 12.8. The van der Waals surface area contributed by atoms with Crippen molar-refractivity contribution in [2.45, 2.75) is 65.3 Å². The van der Waals surface area contributed by atoms with Crippen LogP contribution in [0.3, 0.4) is 0 Å². The number of likely N-dealkylation sites (tertiary alicyclic amines) is 3. The standard InChI is InChI=1S/C21H37N3O2/c1-16(2)18-4-12-23(13-5-18)20-8-14-24(15-9-20)21(26)19-6-10-22(11-7-19)17(3)25/h16,18-20H,4-15H2,1-3H3. The van der Waals surface area contributed by atoms with Crippen molar-refractivity contribution in [1.82, 2.24) is 14.7 Å². The van der Waals surface area contributed by atoms with Gasteiger partial charge in [-0.25, -0.2) is 0 Å². The third kappa shape index (κ3) is 4.59. The average molecular weight is 364 g/mol. The molecule has 26 heavy (non-hydrogen) atoms. The van der Waals surface area contributed by atoms with Gasteiger partial charge in [-0.1, -0.05) is 13.8 Å². The van der Waals surface area contributed by atoms with Crippen LogP contribution in [0.15, 0.2) is 0 Å². The predicted molar refractivity (Wildman–Crippen MR) is 104 cm³/mol. The molecule has 0 saturated carbocycles. The van der Waals surface area contributed by atoms with Crippen LogP contribution in [0, 0.1) is 17.8 Å². The smallest absolute Gasteiger partial charge is 0.225 e. The van der Waals surface area contributed by atoms with Gasteiger partial charge in [-0.05, 0) is 63.5 Å². The van der Waals surface area contributed by atoms with E-state index in [4.69, 9.17) is 0 Å². The largest absolute Gasteiger partial charge is 0.343 e. The van der Waals surface area contributed by atoms with Crippen LogP contribution in [0.4, 0.5) is 0 Å². The molecule has 0 unspecified atom stereocenters. The summed E-state index contributed by atoms with van der Waals surface area (Å²) in [5.41, 5.74) is 0. The molecule has 5 nitrogen and oxygen atoms in total. The number of carbonyl (C=O) groups excluding carboxylic acids is 2. The normalized spacial score (nSPS) is 25.1. The summed E-state index contributed by atoms with van der Waals surface area (Å²) in [4.78, 5) is 30.9. The highest BCUT2D eigenvalue weighted by atomic mass is 16.2. The first kappa shape index (κ1) is 19.7. The molecule has 0 atom stereocenters. The van der Waals surface area contributed by atoms with Gasteiger partial charge in [-0.15, -0.1) is 0 Å². The summed E-state index contributed by atoms with van der Waals surface area (Å²) in [6, 6.07) is 0.673. The van der Waals surface area contributed by atoms with Crippen molar-refractivity contribution >= 4 is 11.8 Å². The van der Waals surface area contributed by atoms with Crippen LogP contribution in [-0.4, -0.2) is 71.8 Å². The van der Waals surface area contributed by atoms with Crippen molar-refractivity contribution in [3.63, 3.8) is 0 Å². The lowest BCUT2D eigenvalue weighted by Crippen LogP contribution is -2.51. The molecule has 3 saturated heterocycles. The molecule has 148 valence electrons. The highest BCUT2D eigenvalue weighted by Gasteiger charge is 2.33. The number of hydrogen-bond acceptors (Lipinski definition) is 3. The first-order chi connectivity index (χ1) is 12.5. The summed E-state index contributed by atoms with van der Waals surface area (Å²) in [5, 5.41) is 0. The molecule has 3 aliphatic heterocycles. The van der Waals surface area contributed by atoms with E-state index in [0.717, 1.165) is 63.7 Å². The Hall–Kier alpha value is -1.10. The lowest BCUT2D eigenvalue weighted by Gasteiger charge is -2.43. The zero-order valence-electron chi connectivity index (χ0n) is 17.0. The van der Waals surface area contributed by atoms with E-state index in [1.165, 1.54) is 25.9 Å². The topological polar surface area (TPSA) is 43.9 Å². The highest BCUT2D eigenvalue weighted by Crippen LogP contribution is 2.29. The van der Waals surface area contributed by atoms with Crippen LogP contribution < -0.4 is 0 Å². The van der Waals surface area contributed by atoms with E-state index in [1.807, 2.05) is 4.90 Å². The molecule has 3 aliphatic rings. The molecule has 3 fully saturated rings. The van der Waals surface area contributed by atoms with E-state index in [0.29, 0.717) is 11.9 Å². The monoisotopic (exact) mass is 363 g/mol. The SMILES string of the molecule is CC(=O)N1CCC(C(=O)N2CCC(N3CCC(C(C)C)CC3)CC2)CC1. The number of nitrogens with zero attached hydrogens (tertiary/aromatic N) is 3. The van der Waals surface area contributed by atoms with E-state index in [1.54, 1.807) is 6.92 Å². The number of piperidine rings is 3. The van der Waals surface area contributed by atoms with E-state index in [9.17, 15) is 9.59 Å². The maximum absolute atomic E-state index is 12.8. The Morgan fingerprint density at radius 2 is 1.31 bits per heavy atom. The van der Waals surface area contributed by atoms with Crippen molar-refractivity contribution in [3.8, 4) is 0 Å². The van der Waals surface area contributed by atoms with Gasteiger partial charge in [-0.3, -0.25) is 9.59 Å². The Bertz CT molecular complexity index is 483. The van der Waals surface area contributed by atoms with Gasteiger partial charge in [0.25, 0.3) is 0 Å². The third-order valence-electron chi connectivity index (χ3n) is 7.10. The van der Waals surface area contributed by atoms with Crippen molar-refractivity contribution in [2.75, 3.05) is 39.3 Å². The zero-order chi connectivity index (χ0) is 18.7. The van der Waals surface area contributed by atoms with Gasteiger partial charge in [0.15, 0.2) is 0 Å². The van der Waals surface area contributed by atoms with E-state index >= 15 is 0 Å². The van der Waals surface area contributed by atoms with Crippen molar-refractivity contribution < 1.29 is 9.59 Å². The molecule has 0 aromatic carbocycles. The zero-order valence-corrected chi connectivity index (χ0v) is 17.0. The summed E-state index contributed by atoms with van der Waals surface area (Å²) < 4.78 is 0. The van der Waals surface area contributed by atoms with Crippen LogP contribution in [0.2, 0.25) is 0 Å². The van der Waals surface area contributed by atoms with Crippen molar-refractivity contribution in [2.24, 2.45) is 17.8 Å². The maximum Gasteiger partial charge on any atom is 0.225 e. The molecule has 5 heteroatoms. The minimum absolute atomic E-state index is 0.129. The van der Waals surface area contributed by atoms with Gasteiger partial charge in [-0.2, -0.15) is 0 Å². The molecule has 3 rings (SSSR count). The molecule has 0 aliphatic carbocycles. The van der Waals surface area contributed by atoms with Crippen LogP contribution in [0.25, 0.3) is 0 Å². The van der Waals surface area contributed by atoms with Gasteiger partial charge < -0.3 is 14.7 Å². The Labute approximate surface area is 159 Å². The second-order valence-electron chi connectivity index (χ2n) is 8.95. The molecule has 0 aromatic heterocycles. The van der Waals surface area contributed by atoms with Crippen molar-refractivity contribution in [1.29, 1.82) is 0 Å². The molecule has 3 heterocycles. The second-order valence-corrected chi connectivity index (χ2v) is 8.95. The molecule has 0 N–H and O–H groups in total. The first-order valence-electron chi connectivity index (χ1n) is 10.7. The number of carbonyl (C=O) groups is 2. The average Bonchev–Trinajstić information content (AvgIpc) is 2.67. The van der Waals surface area contributed by atoms with Gasteiger partial charge in [0.1, 0.15) is 0 Å². The van der Waals surface area contributed by atoms with E-state index in [-0.39, 0.29) is 11.8 Å². The van der Waals surface area contributed by atoms with Gasteiger partial charge in [0.05, 0.1) is 0 Å². The Kier molecular flexibility index (Phi) is 6.60. The lowest BCUT2D eigenvalue weighted by atomic mass is 9.85. The number of rotatable bonds is 3. The number of amides is 2. The summed E-state index contributed by atoms with van der Waals surface area (Å²) in [6.07, 6.45) is 6.61. The number of hydrogen-bond donors (Lipinski definition) is 0. The highest BCUT2D eigenvalue weighted by molar-refractivity contribution is 5.79. The summed E-state index contributed by atoms with van der Waals surface area (Å²) in [6.45, 7) is 12.1. The van der Waals surface area contributed by atoms with Crippen molar-refractivity contribution in [3.05, 3.63) is 0 Å². The minimum Gasteiger partial charge on any atom is -0.343 e. The molecular formula is C21H37N3O2. The summed E-state index contributed by atoms with van der Waals surface area (Å²) in [7, 11) is 0. The fourth-order valence-electron chi connectivity index (χ4n) is 5.10. The summed E-state index contributed by atoms with van der Waals surface area (Å²) >= 11 is 0. The molecule has 0 radical (unpaired) electrons. The predicted octanol–water partition coefficient (Wildman–Crippen LogP) is 2.60. The van der Waals surface area contributed by atoms with E-state index < -0.39 is 0 Å². The van der Waals surface area contributed by atoms with Crippen LogP contribution in [-0.2, 0) is 9.59 Å². The lowest BCUT2D eigenvalue weighted by molar-refractivity contribution is -0.141. The van der Waals surface area contributed by atoms with Gasteiger partial charge >= 0.3 is 0 Å². The quantitative estimate of drug-likeness (QED) is 0.774. The molecule has 2 amide bonds. The fraction of sp³-hybridized carbons (Fsp3) is 0.905. The Balaban J connectivity index is 1.41. The Morgan fingerprint density at radius 1 is 0.769 bits per heavy atom. The third-order valence-corrected chi connectivity index (χ3v) is 7.10. The molecule has 0 bridgehead atoms. The van der Waals surface area contributed by atoms with Crippen LogP contribution in [0.5, 0.6) is 0 Å².